The number of thiazole rings is 1. The van der Waals surface area contributed by atoms with Crippen LogP contribution in [0, 0.1) is 11.8 Å². The van der Waals surface area contributed by atoms with Gasteiger partial charge in [0.15, 0.2) is 0 Å². The summed E-state index contributed by atoms with van der Waals surface area (Å²) in [5.74, 6) is 0.986. The number of carbonyl (C=O) groups is 1. The summed E-state index contributed by atoms with van der Waals surface area (Å²) in [6, 6.07) is 0.555. The number of aromatic nitrogens is 3. The van der Waals surface area contributed by atoms with E-state index in [1.165, 1.54) is 30.6 Å². The summed E-state index contributed by atoms with van der Waals surface area (Å²) in [4.78, 5) is 17.2. The van der Waals surface area contributed by atoms with Gasteiger partial charge in [0.25, 0.3) is 5.91 Å². The lowest BCUT2D eigenvalue weighted by atomic mass is 9.67. The minimum absolute atomic E-state index is 0.0567. The minimum atomic E-state index is -0.0567. The van der Waals surface area contributed by atoms with Crippen LogP contribution < -0.4 is 11.1 Å². The number of nitrogens with zero attached hydrogens (tertiary/aromatic N) is 3. The van der Waals surface area contributed by atoms with E-state index in [1.54, 1.807) is 10.9 Å². The molecule has 7 heteroatoms. The van der Waals surface area contributed by atoms with Gasteiger partial charge >= 0.3 is 0 Å². The molecule has 4 rings (SSSR count). The zero-order chi connectivity index (χ0) is 16.7. The number of hydrogen-bond acceptors (Lipinski definition) is 5. The molecule has 0 aliphatic heterocycles. The smallest absolute Gasteiger partial charge is 0.271 e. The van der Waals surface area contributed by atoms with Gasteiger partial charge in [-0.3, -0.25) is 9.48 Å². The Hall–Kier alpha value is -1.73. The highest BCUT2D eigenvalue weighted by Crippen LogP contribution is 2.39. The Labute approximate surface area is 145 Å². The van der Waals surface area contributed by atoms with Crippen LogP contribution in [0.1, 0.15) is 42.6 Å². The highest BCUT2D eigenvalue weighted by atomic mass is 32.1. The fourth-order valence-corrected chi connectivity index (χ4v) is 5.07. The van der Waals surface area contributed by atoms with Crippen LogP contribution >= 0.6 is 11.3 Å². The quantitative estimate of drug-likeness (QED) is 0.893. The highest BCUT2D eigenvalue weighted by molar-refractivity contribution is 7.13. The van der Waals surface area contributed by atoms with Crippen molar-refractivity contribution < 1.29 is 4.79 Å². The summed E-state index contributed by atoms with van der Waals surface area (Å²) < 4.78 is 1.74. The zero-order valence-electron chi connectivity index (χ0n) is 13.8. The molecule has 2 atom stereocenters. The minimum Gasteiger partial charge on any atom is -0.347 e. The number of amides is 1. The first-order chi connectivity index (χ1) is 11.6. The van der Waals surface area contributed by atoms with Gasteiger partial charge in [-0.1, -0.05) is 6.42 Å². The second-order valence-electron chi connectivity index (χ2n) is 7.12. The number of fused-ring (bicyclic) bond motifs is 2. The van der Waals surface area contributed by atoms with Gasteiger partial charge in [0.2, 0.25) is 0 Å². The van der Waals surface area contributed by atoms with Gasteiger partial charge in [-0.15, -0.1) is 11.3 Å². The first-order valence-corrected chi connectivity index (χ1v) is 9.49. The molecule has 2 fully saturated rings. The Balaban J connectivity index is 1.47. The van der Waals surface area contributed by atoms with Gasteiger partial charge in [0.05, 0.1) is 6.20 Å². The van der Waals surface area contributed by atoms with Crippen molar-refractivity contribution in [1.82, 2.24) is 20.1 Å². The Morgan fingerprint density at radius 1 is 1.38 bits per heavy atom. The van der Waals surface area contributed by atoms with E-state index in [0.717, 1.165) is 23.4 Å². The average molecular weight is 345 g/mol. The van der Waals surface area contributed by atoms with Crippen LogP contribution in [-0.2, 0) is 7.05 Å². The maximum Gasteiger partial charge on any atom is 0.271 e. The molecule has 2 aliphatic carbocycles. The van der Waals surface area contributed by atoms with E-state index in [2.05, 4.69) is 15.4 Å². The Kier molecular flexibility index (Phi) is 4.14. The third kappa shape index (κ3) is 2.98. The number of rotatable bonds is 3. The van der Waals surface area contributed by atoms with Crippen LogP contribution in [0.4, 0.5) is 0 Å². The summed E-state index contributed by atoms with van der Waals surface area (Å²) in [5, 5.41) is 10.1. The number of nitrogens with one attached hydrogen (secondary N) is 1. The van der Waals surface area contributed by atoms with Crippen molar-refractivity contribution in [2.75, 3.05) is 0 Å². The lowest BCUT2D eigenvalue weighted by molar-refractivity contribution is 0.0752. The fourth-order valence-electron chi connectivity index (χ4n) is 4.29. The molecule has 0 spiro atoms. The van der Waals surface area contributed by atoms with Crippen LogP contribution in [-0.4, -0.2) is 32.8 Å². The molecule has 1 amide bonds. The molecule has 2 aliphatic rings. The number of hydrogen-bond donors (Lipinski definition) is 2. The second-order valence-corrected chi connectivity index (χ2v) is 7.98. The normalized spacial score (nSPS) is 29.4. The average Bonchev–Trinajstić information content (AvgIpc) is 3.17. The first-order valence-electron chi connectivity index (χ1n) is 8.61. The van der Waals surface area contributed by atoms with E-state index in [0.29, 0.717) is 23.6 Å². The standard InChI is InChI=1S/C17H23N5OS/c1-22-8-12(7-19-22)17-20-14(9-24-17)16(23)21-15-10-3-2-4-11(15)6-13(18)5-10/h7-11,13,15H,2-6,18H2,1H3,(H,21,23). The predicted molar refractivity (Wildman–Crippen MR) is 93.6 cm³/mol. The largest absolute Gasteiger partial charge is 0.347 e. The molecule has 2 aromatic heterocycles. The summed E-state index contributed by atoms with van der Waals surface area (Å²) in [6.07, 6.45) is 9.34. The molecule has 6 nitrogen and oxygen atoms in total. The van der Waals surface area contributed by atoms with Gasteiger partial charge in [-0.25, -0.2) is 4.98 Å². The maximum atomic E-state index is 12.7. The van der Waals surface area contributed by atoms with Crippen LogP contribution in [0.3, 0.4) is 0 Å². The lowest BCUT2D eigenvalue weighted by Gasteiger charge is -2.45. The molecular formula is C17H23N5OS. The summed E-state index contributed by atoms with van der Waals surface area (Å²) in [7, 11) is 1.87. The summed E-state index contributed by atoms with van der Waals surface area (Å²) in [5.41, 5.74) is 7.62. The maximum absolute atomic E-state index is 12.7. The van der Waals surface area contributed by atoms with Gasteiger partial charge < -0.3 is 11.1 Å². The topological polar surface area (TPSA) is 85.8 Å². The molecule has 2 saturated carbocycles. The first kappa shape index (κ1) is 15.8. The molecule has 0 aromatic carbocycles. The van der Waals surface area contributed by atoms with Crippen molar-refractivity contribution in [3.8, 4) is 10.6 Å². The number of carbonyl (C=O) groups excluding carboxylic acids is 1. The van der Waals surface area contributed by atoms with E-state index < -0.39 is 0 Å². The van der Waals surface area contributed by atoms with Crippen LogP contribution in [0.25, 0.3) is 10.6 Å². The van der Waals surface area contributed by atoms with E-state index in [-0.39, 0.29) is 11.9 Å². The van der Waals surface area contributed by atoms with Gasteiger partial charge in [0.1, 0.15) is 10.7 Å². The van der Waals surface area contributed by atoms with Crippen molar-refractivity contribution in [3.63, 3.8) is 0 Å². The van der Waals surface area contributed by atoms with Crippen molar-refractivity contribution in [3.05, 3.63) is 23.5 Å². The number of nitrogens with two attached hydrogens (primary N) is 1. The summed E-state index contributed by atoms with van der Waals surface area (Å²) >= 11 is 1.48. The molecule has 2 unspecified atom stereocenters. The summed E-state index contributed by atoms with van der Waals surface area (Å²) in [6.45, 7) is 0. The molecule has 3 N–H and O–H groups in total. The Morgan fingerprint density at radius 3 is 2.79 bits per heavy atom. The second kappa shape index (κ2) is 6.29. The van der Waals surface area contributed by atoms with Crippen LogP contribution in [0.15, 0.2) is 17.8 Å². The Bertz CT molecular complexity index is 725. The van der Waals surface area contributed by atoms with Crippen LogP contribution in [0.2, 0.25) is 0 Å². The van der Waals surface area contributed by atoms with Crippen molar-refractivity contribution in [2.24, 2.45) is 24.6 Å². The van der Waals surface area contributed by atoms with E-state index >= 15 is 0 Å². The van der Waals surface area contributed by atoms with Gasteiger partial charge in [0, 0.05) is 36.3 Å². The van der Waals surface area contributed by atoms with E-state index in [1.807, 2.05) is 18.6 Å². The molecule has 0 saturated heterocycles. The molecule has 24 heavy (non-hydrogen) atoms. The zero-order valence-corrected chi connectivity index (χ0v) is 14.6. The molecule has 0 radical (unpaired) electrons. The molecule has 2 heterocycles. The van der Waals surface area contributed by atoms with Gasteiger partial charge in [-0.2, -0.15) is 5.10 Å². The van der Waals surface area contributed by atoms with Crippen molar-refractivity contribution in [1.29, 1.82) is 0 Å². The van der Waals surface area contributed by atoms with Gasteiger partial charge in [-0.05, 0) is 37.5 Å². The molecular weight excluding hydrogens is 322 g/mol. The third-order valence-electron chi connectivity index (χ3n) is 5.36. The Morgan fingerprint density at radius 2 is 2.12 bits per heavy atom. The highest BCUT2D eigenvalue weighted by Gasteiger charge is 2.40. The van der Waals surface area contributed by atoms with E-state index in [9.17, 15) is 4.79 Å². The van der Waals surface area contributed by atoms with E-state index in [4.69, 9.17) is 5.73 Å². The molecule has 2 aromatic rings. The fraction of sp³-hybridized carbons (Fsp3) is 0.588. The number of aryl methyl sites for hydroxylation is 1. The third-order valence-corrected chi connectivity index (χ3v) is 6.25. The van der Waals surface area contributed by atoms with Crippen LogP contribution in [0.5, 0.6) is 0 Å². The lowest BCUT2D eigenvalue weighted by Crippen LogP contribution is -2.53. The van der Waals surface area contributed by atoms with Crippen molar-refractivity contribution in [2.45, 2.75) is 44.2 Å². The molecule has 2 bridgehead atoms. The predicted octanol–water partition coefficient (Wildman–Crippen LogP) is 2.18. The van der Waals surface area contributed by atoms with Crippen molar-refractivity contribution >= 4 is 17.2 Å². The SMILES string of the molecule is Cn1cc(-c2nc(C(=O)NC3C4CCCC3CC(N)C4)cs2)cn1. The monoisotopic (exact) mass is 345 g/mol. The molecule has 128 valence electrons.